The molecule has 92 valence electrons. The summed E-state index contributed by atoms with van der Waals surface area (Å²) in [5.41, 5.74) is 1.21. The number of rotatable bonds is 2. The maximum absolute atomic E-state index is 13.3. The van der Waals surface area contributed by atoms with E-state index < -0.39 is 5.82 Å². The molecule has 0 spiro atoms. The van der Waals surface area contributed by atoms with Crippen LogP contribution in [0.1, 0.15) is 21.5 Å². The highest BCUT2D eigenvalue weighted by Gasteiger charge is 2.16. The van der Waals surface area contributed by atoms with E-state index in [-0.39, 0.29) is 10.8 Å². The zero-order chi connectivity index (χ0) is 13.3. The van der Waals surface area contributed by atoms with Gasteiger partial charge < -0.3 is 0 Å². The van der Waals surface area contributed by atoms with Crippen LogP contribution >= 0.6 is 27.5 Å². The van der Waals surface area contributed by atoms with Gasteiger partial charge in [-0.05, 0) is 36.8 Å². The maximum atomic E-state index is 13.3. The number of hydrogen-bond donors (Lipinski definition) is 0. The minimum absolute atomic E-state index is 0.124. The summed E-state index contributed by atoms with van der Waals surface area (Å²) < 4.78 is 14.0. The summed E-state index contributed by atoms with van der Waals surface area (Å²) in [7, 11) is 0. The third kappa shape index (κ3) is 2.47. The number of benzene rings is 2. The molecule has 0 amide bonds. The van der Waals surface area contributed by atoms with Crippen LogP contribution in [0, 0.1) is 12.7 Å². The molecule has 0 fully saturated rings. The van der Waals surface area contributed by atoms with Gasteiger partial charge in [-0.1, -0.05) is 39.7 Å². The number of hydrogen-bond acceptors (Lipinski definition) is 1. The fourth-order valence-corrected chi connectivity index (χ4v) is 2.32. The Morgan fingerprint density at radius 1 is 1.22 bits per heavy atom. The Hall–Kier alpha value is -1.19. The van der Waals surface area contributed by atoms with E-state index in [1.54, 1.807) is 25.1 Å². The van der Waals surface area contributed by atoms with Gasteiger partial charge in [0, 0.05) is 15.6 Å². The lowest BCUT2D eigenvalue weighted by Gasteiger charge is -2.07. The fourth-order valence-electron chi connectivity index (χ4n) is 1.62. The molecule has 0 aliphatic carbocycles. The Morgan fingerprint density at radius 3 is 2.56 bits per heavy atom. The van der Waals surface area contributed by atoms with E-state index in [0.717, 1.165) is 0 Å². The van der Waals surface area contributed by atoms with Gasteiger partial charge in [0.25, 0.3) is 0 Å². The monoisotopic (exact) mass is 326 g/mol. The van der Waals surface area contributed by atoms with Crippen LogP contribution in [0.2, 0.25) is 5.02 Å². The molecule has 4 heteroatoms. The first-order valence-corrected chi connectivity index (χ1v) is 6.42. The first-order chi connectivity index (χ1) is 8.50. The predicted molar refractivity (Wildman–Crippen MR) is 73.7 cm³/mol. The van der Waals surface area contributed by atoms with E-state index in [1.165, 1.54) is 12.1 Å². The van der Waals surface area contributed by atoms with Crippen LogP contribution in [0.4, 0.5) is 4.39 Å². The highest BCUT2D eigenvalue weighted by molar-refractivity contribution is 9.10. The molecule has 0 N–H and O–H groups in total. The SMILES string of the molecule is Cc1cc(C(=O)c2ccccc2Br)c(Cl)cc1F. The van der Waals surface area contributed by atoms with Crippen molar-refractivity contribution >= 4 is 33.3 Å². The zero-order valence-corrected chi connectivity index (χ0v) is 11.8. The molecule has 0 heterocycles. The molecule has 0 aromatic heterocycles. The fraction of sp³-hybridized carbons (Fsp3) is 0.0714. The lowest BCUT2D eigenvalue weighted by molar-refractivity contribution is 0.103. The van der Waals surface area contributed by atoms with E-state index in [4.69, 9.17) is 11.6 Å². The van der Waals surface area contributed by atoms with Crippen LogP contribution in [0.15, 0.2) is 40.9 Å². The highest BCUT2D eigenvalue weighted by Crippen LogP contribution is 2.26. The topological polar surface area (TPSA) is 17.1 Å². The smallest absolute Gasteiger partial charge is 0.195 e. The van der Waals surface area contributed by atoms with Gasteiger partial charge in [0.1, 0.15) is 5.82 Å². The van der Waals surface area contributed by atoms with E-state index in [0.29, 0.717) is 21.2 Å². The van der Waals surface area contributed by atoms with Crippen molar-refractivity contribution < 1.29 is 9.18 Å². The van der Waals surface area contributed by atoms with Crippen LogP contribution in [-0.4, -0.2) is 5.78 Å². The van der Waals surface area contributed by atoms with Gasteiger partial charge in [-0.2, -0.15) is 0 Å². The molecular weight excluding hydrogens is 319 g/mol. The van der Waals surface area contributed by atoms with E-state index >= 15 is 0 Å². The van der Waals surface area contributed by atoms with E-state index in [9.17, 15) is 9.18 Å². The van der Waals surface area contributed by atoms with Crippen molar-refractivity contribution in [3.63, 3.8) is 0 Å². The van der Waals surface area contributed by atoms with Crippen LogP contribution in [-0.2, 0) is 0 Å². The number of carbonyl (C=O) groups excluding carboxylic acids is 1. The second-order valence-electron chi connectivity index (χ2n) is 3.89. The van der Waals surface area contributed by atoms with Gasteiger partial charge in [-0.25, -0.2) is 4.39 Å². The van der Waals surface area contributed by atoms with Crippen molar-refractivity contribution in [3.8, 4) is 0 Å². The molecule has 2 rings (SSSR count). The van der Waals surface area contributed by atoms with Crippen molar-refractivity contribution in [1.29, 1.82) is 0 Å². The number of halogens is 3. The summed E-state index contributed by atoms with van der Waals surface area (Å²) in [6.07, 6.45) is 0. The lowest BCUT2D eigenvalue weighted by Crippen LogP contribution is -2.04. The zero-order valence-electron chi connectivity index (χ0n) is 9.51. The molecule has 0 saturated heterocycles. The molecule has 0 radical (unpaired) electrons. The van der Waals surface area contributed by atoms with Crippen molar-refractivity contribution in [2.75, 3.05) is 0 Å². The molecule has 0 unspecified atom stereocenters. The third-order valence-electron chi connectivity index (χ3n) is 2.61. The molecular formula is C14H9BrClFO. The minimum atomic E-state index is -0.413. The summed E-state index contributed by atoms with van der Waals surface area (Å²) in [4.78, 5) is 12.3. The molecule has 2 aromatic carbocycles. The average molecular weight is 328 g/mol. The van der Waals surface area contributed by atoms with Crippen molar-refractivity contribution in [3.05, 3.63) is 68.4 Å². The standard InChI is InChI=1S/C14H9BrClFO/c1-8-6-10(12(16)7-13(8)17)14(18)9-4-2-3-5-11(9)15/h2-7H,1H3. The second-order valence-corrected chi connectivity index (χ2v) is 5.15. The predicted octanol–water partition coefficient (Wildman–Crippen LogP) is 4.78. The Balaban J connectivity index is 2.53. The number of ketones is 1. The normalized spacial score (nSPS) is 10.4. The summed E-state index contributed by atoms with van der Waals surface area (Å²) in [5, 5.41) is 0.124. The van der Waals surface area contributed by atoms with Gasteiger partial charge in [0.15, 0.2) is 5.78 Å². The minimum Gasteiger partial charge on any atom is -0.289 e. The van der Waals surface area contributed by atoms with Crippen LogP contribution in [0.25, 0.3) is 0 Å². The van der Waals surface area contributed by atoms with Gasteiger partial charge in [-0.15, -0.1) is 0 Å². The molecule has 1 nitrogen and oxygen atoms in total. The molecule has 0 aliphatic heterocycles. The first kappa shape index (κ1) is 13.2. The molecule has 0 aliphatic rings. The molecule has 0 atom stereocenters. The van der Waals surface area contributed by atoms with Crippen molar-refractivity contribution in [2.24, 2.45) is 0 Å². The number of aryl methyl sites for hydroxylation is 1. The Kier molecular flexibility index (Phi) is 3.83. The second kappa shape index (κ2) is 5.21. The van der Waals surface area contributed by atoms with Crippen LogP contribution in [0.3, 0.4) is 0 Å². The van der Waals surface area contributed by atoms with Crippen LogP contribution in [0.5, 0.6) is 0 Å². The molecule has 2 aromatic rings. The maximum Gasteiger partial charge on any atom is 0.195 e. The molecule has 18 heavy (non-hydrogen) atoms. The largest absolute Gasteiger partial charge is 0.289 e. The van der Waals surface area contributed by atoms with Gasteiger partial charge >= 0.3 is 0 Å². The van der Waals surface area contributed by atoms with E-state index in [1.807, 2.05) is 6.07 Å². The third-order valence-corrected chi connectivity index (χ3v) is 3.62. The van der Waals surface area contributed by atoms with Crippen molar-refractivity contribution in [2.45, 2.75) is 6.92 Å². The molecule has 0 saturated carbocycles. The van der Waals surface area contributed by atoms with Gasteiger partial charge in [0.05, 0.1) is 5.02 Å². The molecule has 0 bridgehead atoms. The summed E-state index contributed by atoms with van der Waals surface area (Å²) >= 11 is 9.24. The average Bonchev–Trinajstić information content (AvgIpc) is 2.33. The summed E-state index contributed by atoms with van der Waals surface area (Å²) in [5.74, 6) is -0.640. The lowest BCUT2D eigenvalue weighted by atomic mass is 10.0. The summed E-state index contributed by atoms with van der Waals surface area (Å²) in [6.45, 7) is 1.60. The Bertz CT molecular complexity index is 625. The van der Waals surface area contributed by atoms with E-state index in [2.05, 4.69) is 15.9 Å². The Morgan fingerprint density at radius 2 is 1.89 bits per heavy atom. The Labute approximate surface area is 118 Å². The quantitative estimate of drug-likeness (QED) is 0.725. The highest BCUT2D eigenvalue weighted by atomic mass is 79.9. The van der Waals surface area contributed by atoms with Gasteiger partial charge in [-0.3, -0.25) is 4.79 Å². The van der Waals surface area contributed by atoms with Gasteiger partial charge in [0.2, 0.25) is 0 Å². The first-order valence-electron chi connectivity index (χ1n) is 5.25. The number of carbonyl (C=O) groups is 1. The van der Waals surface area contributed by atoms with Crippen molar-refractivity contribution in [1.82, 2.24) is 0 Å². The summed E-state index contributed by atoms with van der Waals surface area (Å²) in [6, 6.07) is 9.69. The van der Waals surface area contributed by atoms with Crippen LogP contribution < -0.4 is 0 Å².